The summed E-state index contributed by atoms with van der Waals surface area (Å²) in [5.41, 5.74) is 11.3. The summed E-state index contributed by atoms with van der Waals surface area (Å²) in [6.45, 7) is 4.79. The van der Waals surface area contributed by atoms with Gasteiger partial charge in [-0.05, 0) is 155 Å². The molecule has 1 aliphatic rings. The molecule has 260 valence electrons. The molecule has 0 radical (unpaired) electrons. The van der Waals surface area contributed by atoms with Gasteiger partial charge in [0.25, 0.3) is 0 Å². The van der Waals surface area contributed by atoms with Gasteiger partial charge in [0.1, 0.15) is 0 Å². The van der Waals surface area contributed by atoms with Gasteiger partial charge in [0.15, 0.2) is 0 Å². The second kappa shape index (κ2) is 12.3. The second-order valence-corrected chi connectivity index (χ2v) is 16.5. The molecule has 0 saturated carbocycles. The van der Waals surface area contributed by atoms with Crippen LogP contribution in [0.4, 0.5) is 17.1 Å². The molecule has 11 rings (SSSR count). The van der Waals surface area contributed by atoms with Crippen molar-refractivity contribution in [2.45, 2.75) is 19.3 Å². The molecule has 0 saturated heterocycles. The molecule has 2 heteroatoms. The van der Waals surface area contributed by atoms with Gasteiger partial charge in [-0.3, -0.25) is 0 Å². The van der Waals surface area contributed by atoms with Crippen molar-refractivity contribution in [3.05, 3.63) is 199 Å². The van der Waals surface area contributed by atoms with Crippen molar-refractivity contribution in [1.29, 1.82) is 0 Å². The summed E-state index contributed by atoms with van der Waals surface area (Å²) < 4.78 is 0. The molecule has 0 bridgehead atoms. The van der Waals surface area contributed by atoms with E-state index in [-0.39, 0.29) is 5.41 Å². The molecule has 55 heavy (non-hydrogen) atoms. The van der Waals surface area contributed by atoms with Crippen LogP contribution in [0.15, 0.2) is 188 Å². The minimum atomic E-state index is -0.140. The first-order chi connectivity index (χ1) is 27.0. The summed E-state index contributed by atoms with van der Waals surface area (Å²) >= 11 is 1.86. The first-order valence-electron chi connectivity index (χ1n) is 19.1. The van der Waals surface area contributed by atoms with E-state index in [1.54, 1.807) is 0 Å². The van der Waals surface area contributed by atoms with Crippen molar-refractivity contribution in [2.24, 2.45) is 0 Å². The molecule has 1 aliphatic carbocycles. The third-order valence-electron chi connectivity index (χ3n) is 11.8. The van der Waals surface area contributed by atoms with Gasteiger partial charge in [-0.2, -0.15) is 0 Å². The SMILES string of the molecule is CC1(C)c2cc3cc(-c4ccc(-c5ccccc5)s4)ccc3cc2-c2cc3ccc(N(c4ccc5ccccc5c4)c4ccc5ccccc5c4)cc3cc21. The number of thiophene rings is 1. The highest BCUT2D eigenvalue weighted by atomic mass is 32.1. The first kappa shape index (κ1) is 32.0. The molecular weight excluding hydrogens is 683 g/mol. The highest BCUT2D eigenvalue weighted by Crippen LogP contribution is 2.52. The van der Waals surface area contributed by atoms with E-state index in [1.165, 1.54) is 86.2 Å². The first-order valence-corrected chi connectivity index (χ1v) is 19.9. The Morgan fingerprint density at radius 2 is 0.782 bits per heavy atom. The lowest BCUT2D eigenvalue weighted by atomic mass is 9.81. The lowest BCUT2D eigenvalue weighted by molar-refractivity contribution is 0.662. The Morgan fingerprint density at radius 1 is 0.345 bits per heavy atom. The Hall–Kier alpha value is -6.48. The van der Waals surface area contributed by atoms with E-state index < -0.39 is 0 Å². The van der Waals surface area contributed by atoms with E-state index in [0.29, 0.717) is 0 Å². The van der Waals surface area contributed by atoms with Crippen LogP contribution in [0.2, 0.25) is 0 Å². The van der Waals surface area contributed by atoms with E-state index in [0.717, 1.165) is 17.1 Å². The summed E-state index contributed by atoms with van der Waals surface area (Å²) in [4.78, 5) is 5.01. The van der Waals surface area contributed by atoms with Crippen LogP contribution in [0.3, 0.4) is 0 Å². The normalized spacial score (nSPS) is 13.1. The van der Waals surface area contributed by atoms with Crippen LogP contribution in [0.5, 0.6) is 0 Å². The lowest BCUT2D eigenvalue weighted by Crippen LogP contribution is -2.15. The van der Waals surface area contributed by atoms with E-state index in [9.17, 15) is 0 Å². The van der Waals surface area contributed by atoms with Gasteiger partial charge < -0.3 is 4.90 Å². The summed E-state index contributed by atoms with van der Waals surface area (Å²) in [6.07, 6.45) is 0. The maximum Gasteiger partial charge on any atom is 0.0468 e. The Labute approximate surface area is 325 Å². The fourth-order valence-electron chi connectivity index (χ4n) is 8.83. The van der Waals surface area contributed by atoms with Gasteiger partial charge >= 0.3 is 0 Å². The maximum absolute atomic E-state index is 2.46. The van der Waals surface area contributed by atoms with E-state index in [2.05, 4.69) is 207 Å². The molecule has 1 nitrogen and oxygen atoms in total. The highest BCUT2D eigenvalue weighted by molar-refractivity contribution is 7.18. The summed E-state index contributed by atoms with van der Waals surface area (Å²) in [5, 5.41) is 10.0. The minimum absolute atomic E-state index is 0.140. The third-order valence-corrected chi connectivity index (χ3v) is 12.9. The summed E-state index contributed by atoms with van der Waals surface area (Å²) in [5.74, 6) is 0. The zero-order valence-electron chi connectivity index (χ0n) is 30.8. The average Bonchev–Trinajstić information content (AvgIpc) is 3.80. The molecule has 0 N–H and O–H groups in total. The molecular formula is C53H37NS. The molecule has 10 aromatic rings. The van der Waals surface area contributed by atoms with Crippen molar-refractivity contribution in [1.82, 2.24) is 0 Å². The van der Waals surface area contributed by atoms with Crippen LogP contribution >= 0.6 is 11.3 Å². The zero-order chi connectivity index (χ0) is 36.7. The van der Waals surface area contributed by atoms with Gasteiger partial charge in [0, 0.05) is 32.2 Å². The molecule has 0 aliphatic heterocycles. The number of fused-ring (bicyclic) bond motifs is 7. The Morgan fingerprint density at radius 3 is 1.36 bits per heavy atom. The van der Waals surface area contributed by atoms with Crippen LogP contribution in [0.25, 0.3) is 75.1 Å². The molecule has 0 amide bonds. The fraction of sp³-hybridized carbons (Fsp3) is 0.0566. The Bertz CT molecular complexity index is 3050. The topological polar surface area (TPSA) is 3.24 Å². The number of anilines is 3. The van der Waals surface area contributed by atoms with Gasteiger partial charge in [-0.1, -0.05) is 123 Å². The van der Waals surface area contributed by atoms with Crippen LogP contribution in [0.1, 0.15) is 25.0 Å². The molecule has 0 unspecified atom stereocenters. The van der Waals surface area contributed by atoms with Crippen molar-refractivity contribution < 1.29 is 0 Å². The monoisotopic (exact) mass is 719 g/mol. The molecule has 1 heterocycles. The van der Waals surface area contributed by atoms with E-state index in [1.807, 2.05) is 11.3 Å². The molecule has 9 aromatic carbocycles. The van der Waals surface area contributed by atoms with Crippen LogP contribution in [-0.2, 0) is 5.41 Å². The smallest absolute Gasteiger partial charge is 0.0468 e. The van der Waals surface area contributed by atoms with E-state index in [4.69, 9.17) is 0 Å². The average molecular weight is 720 g/mol. The number of nitrogens with zero attached hydrogens (tertiary/aromatic N) is 1. The van der Waals surface area contributed by atoms with Gasteiger partial charge in [0.05, 0.1) is 0 Å². The van der Waals surface area contributed by atoms with Crippen molar-refractivity contribution >= 4 is 71.5 Å². The summed E-state index contributed by atoms with van der Waals surface area (Å²) in [7, 11) is 0. The van der Waals surface area contributed by atoms with Crippen molar-refractivity contribution in [2.75, 3.05) is 4.90 Å². The van der Waals surface area contributed by atoms with Gasteiger partial charge in [-0.15, -0.1) is 11.3 Å². The molecule has 1 aromatic heterocycles. The Balaban J connectivity index is 1.01. The van der Waals surface area contributed by atoms with Crippen LogP contribution in [0, 0.1) is 0 Å². The minimum Gasteiger partial charge on any atom is -0.310 e. The van der Waals surface area contributed by atoms with Crippen molar-refractivity contribution in [3.63, 3.8) is 0 Å². The van der Waals surface area contributed by atoms with Crippen LogP contribution < -0.4 is 4.90 Å². The predicted molar refractivity (Wildman–Crippen MR) is 237 cm³/mol. The largest absolute Gasteiger partial charge is 0.310 e. The second-order valence-electron chi connectivity index (χ2n) is 15.4. The number of hydrogen-bond donors (Lipinski definition) is 0. The maximum atomic E-state index is 2.46. The predicted octanol–water partition coefficient (Wildman–Crippen LogP) is 15.5. The number of rotatable bonds is 5. The molecule has 0 fully saturated rings. The quantitative estimate of drug-likeness (QED) is 0.171. The molecule has 0 spiro atoms. The number of benzene rings is 9. The van der Waals surface area contributed by atoms with Gasteiger partial charge in [-0.25, -0.2) is 0 Å². The van der Waals surface area contributed by atoms with Crippen LogP contribution in [-0.4, -0.2) is 0 Å². The zero-order valence-corrected chi connectivity index (χ0v) is 31.6. The standard InChI is InChI=1S/C53H37NS/c1-53(2)49-32-42-26-41(52-25-24-51(55-52)36-12-4-3-5-13-36)17-16-39(42)30-47(49)48-31-40-20-23-46(29-43(40)33-50(48)53)54(44-21-18-34-10-6-8-14-37(34)27-44)45-22-19-35-11-7-9-15-38(35)28-45/h3-33H,1-2H3. The molecule has 0 atom stereocenters. The lowest BCUT2D eigenvalue weighted by Gasteiger charge is -2.27. The Kier molecular flexibility index (Phi) is 7.14. The van der Waals surface area contributed by atoms with Gasteiger partial charge in [0.2, 0.25) is 0 Å². The fourth-order valence-corrected chi connectivity index (χ4v) is 9.84. The van der Waals surface area contributed by atoms with E-state index >= 15 is 0 Å². The van der Waals surface area contributed by atoms with Crippen molar-refractivity contribution in [3.8, 4) is 32.0 Å². The summed E-state index contributed by atoms with van der Waals surface area (Å²) in [6, 6.07) is 69.7. The number of hydrogen-bond acceptors (Lipinski definition) is 2. The highest BCUT2D eigenvalue weighted by Gasteiger charge is 2.36. The third kappa shape index (κ3) is 5.28.